The first-order valence-electron chi connectivity index (χ1n) is 6.06. The summed E-state index contributed by atoms with van der Waals surface area (Å²) in [5.74, 6) is -1.61. The summed E-state index contributed by atoms with van der Waals surface area (Å²) in [6.07, 6.45) is 1.62. The molecule has 0 bridgehead atoms. The molecule has 1 aromatic heterocycles. The maximum absolute atomic E-state index is 12.1. The van der Waals surface area contributed by atoms with Crippen LogP contribution in [-0.2, 0) is 9.53 Å². The number of fused-ring (bicyclic) bond motifs is 1. The normalized spacial score (nSPS) is 13.9. The topological polar surface area (TPSA) is 85.2 Å². The van der Waals surface area contributed by atoms with Crippen molar-refractivity contribution in [3.05, 3.63) is 46.1 Å². The molecule has 0 spiro atoms. The Morgan fingerprint density at radius 1 is 1.50 bits per heavy atom. The molecule has 2 aromatic rings. The standard InChI is InChI=1S/C13H13BrN2O4/c1-2-20-13(17)11(12(14)16(18)19)9-7-15-10-6-4-3-5-8(9)10/h3-7,11-12,15H,2H2,1H3. The van der Waals surface area contributed by atoms with E-state index >= 15 is 0 Å². The molecule has 0 aliphatic heterocycles. The zero-order valence-corrected chi connectivity index (χ0v) is 12.3. The van der Waals surface area contributed by atoms with Crippen molar-refractivity contribution >= 4 is 32.8 Å². The summed E-state index contributed by atoms with van der Waals surface area (Å²) in [5, 5.41) is 11.8. The number of aromatic nitrogens is 1. The highest BCUT2D eigenvalue weighted by Gasteiger charge is 2.39. The molecule has 2 rings (SSSR count). The van der Waals surface area contributed by atoms with Gasteiger partial charge in [0.1, 0.15) is 0 Å². The molecule has 20 heavy (non-hydrogen) atoms. The number of benzene rings is 1. The lowest BCUT2D eigenvalue weighted by molar-refractivity contribution is -0.494. The Balaban J connectivity index is 2.50. The zero-order chi connectivity index (χ0) is 14.7. The molecule has 1 aromatic carbocycles. The lowest BCUT2D eigenvalue weighted by Crippen LogP contribution is -2.29. The number of carbonyl (C=O) groups excluding carboxylic acids is 1. The average Bonchev–Trinajstić information content (AvgIpc) is 2.83. The Hall–Kier alpha value is -1.89. The van der Waals surface area contributed by atoms with Crippen molar-refractivity contribution in [3.8, 4) is 0 Å². The molecule has 6 nitrogen and oxygen atoms in total. The summed E-state index contributed by atoms with van der Waals surface area (Å²) < 4.78 is 4.96. The van der Waals surface area contributed by atoms with Crippen LogP contribution in [0.25, 0.3) is 10.9 Å². The highest BCUT2D eigenvalue weighted by molar-refractivity contribution is 9.09. The molecule has 7 heteroatoms. The van der Waals surface area contributed by atoms with E-state index in [1.807, 2.05) is 24.3 Å². The molecule has 1 N–H and O–H groups in total. The Morgan fingerprint density at radius 3 is 2.85 bits per heavy atom. The van der Waals surface area contributed by atoms with Crippen molar-refractivity contribution in [2.75, 3.05) is 6.61 Å². The molecular weight excluding hydrogens is 328 g/mol. The SMILES string of the molecule is CCOC(=O)C(c1c[nH]c2ccccc12)C(Br)[N+](=O)[O-]. The summed E-state index contributed by atoms with van der Waals surface area (Å²) in [6.45, 7) is 1.84. The molecule has 2 unspecified atom stereocenters. The molecule has 1 heterocycles. The predicted molar refractivity (Wildman–Crippen MR) is 77.4 cm³/mol. The van der Waals surface area contributed by atoms with Gasteiger partial charge in [0, 0.05) is 22.0 Å². The van der Waals surface area contributed by atoms with Gasteiger partial charge in [-0.25, -0.2) is 0 Å². The van der Waals surface area contributed by atoms with E-state index in [0.717, 1.165) is 10.9 Å². The molecule has 106 valence electrons. The van der Waals surface area contributed by atoms with E-state index in [9.17, 15) is 14.9 Å². The van der Waals surface area contributed by atoms with Crippen LogP contribution >= 0.6 is 15.9 Å². The first kappa shape index (κ1) is 14.5. The first-order chi connectivity index (χ1) is 9.56. The van der Waals surface area contributed by atoms with Crippen LogP contribution < -0.4 is 0 Å². The molecule has 0 saturated carbocycles. The average molecular weight is 341 g/mol. The van der Waals surface area contributed by atoms with Gasteiger partial charge in [-0.05, 0) is 34.5 Å². The number of rotatable bonds is 5. The van der Waals surface area contributed by atoms with Crippen LogP contribution in [0.1, 0.15) is 18.4 Å². The Labute approximate surface area is 123 Å². The smallest absolute Gasteiger partial charge is 0.321 e. The van der Waals surface area contributed by atoms with E-state index < -0.39 is 21.8 Å². The van der Waals surface area contributed by atoms with E-state index in [4.69, 9.17) is 4.74 Å². The lowest BCUT2D eigenvalue weighted by atomic mass is 9.98. The number of nitro groups is 1. The Bertz CT molecular complexity index is 640. The van der Waals surface area contributed by atoms with Gasteiger partial charge in [0.2, 0.25) is 0 Å². The number of ether oxygens (including phenoxy) is 1. The third-order valence-corrected chi connectivity index (χ3v) is 3.84. The fraction of sp³-hybridized carbons (Fsp3) is 0.308. The number of alkyl halides is 1. The number of hydrogen-bond acceptors (Lipinski definition) is 4. The van der Waals surface area contributed by atoms with Crippen LogP contribution in [0.5, 0.6) is 0 Å². The summed E-state index contributed by atoms with van der Waals surface area (Å²) >= 11 is 2.97. The van der Waals surface area contributed by atoms with Gasteiger partial charge in [-0.3, -0.25) is 14.9 Å². The molecular formula is C13H13BrN2O4. The van der Waals surface area contributed by atoms with E-state index in [-0.39, 0.29) is 6.61 Å². The molecule has 2 atom stereocenters. The number of esters is 1. The number of nitrogens with zero attached hydrogens (tertiary/aromatic N) is 1. The minimum Gasteiger partial charge on any atom is -0.465 e. The van der Waals surface area contributed by atoms with Gasteiger partial charge < -0.3 is 9.72 Å². The van der Waals surface area contributed by atoms with Crippen molar-refractivity contribution in [2.45, 2.75) is 17.8 Å². The van der Waals surface area contributed by atoms with Crippen molar-refractivity contribution in [3.63, 3.8) is 0 Å². The van der Waals surface area contributed by atoms with Crippen molar-refractivity contribution < 1.29 is 14.5 Å². The second-order valence-electron chi connectivity index (χ2n) is 4.18. The predicted octanol–water partition coefficient (Wildman–Crippen LogP) is 2.81. The Kier molecular flexibility index (Phi) is 4.39. The maximum Gasteiger partial charge on any atom is 0.321 e. The number of carbonyl (C=O) groups is 1. The fourth-order valence-corrected chi connectivity index (χ4v) is 2.59. The summed E-state index contributed by atoms with van der Waals surface area (Å²) in [4.78, 5) is 24.3. The number of hydrogen-bond donors (Lipinski definition) is 1. The van der Waals surface area contributed by atoms with Gasteiger partial charge in [-0.15, -0.1) is 0 Å². The monoisotopic (exact) mass is 340 g/mol. The number of para-hydroxylation sites is 1. The van der Waals surface area contributed by atoms with Crippen molar-refractivity contribution in [2.24, 2.45) is 0 Å². The Morgan fingerprint density at radius 2 is 2.20 bits per heavy atom. The van der Waals surface area contributed by atoms with E-state index in [1.165, 1.54) is 0 Å². The lowest BCUT2D eigenvalue weighted by Gasteiger charge is -2.15. The quantitative estimate of drug-likeness (QED) is 0.298. The maximum atomic E-state index is 12.1. The van der Waals surface area contributed by atoms with Crippen LogP contribution in [0.3, 0.4) is 0 Å². The number of nitrogens with one attached hydrogen (secondary N) is 1. The molecule has 0 saturated heterocycles. The van der Waals surface area contributed by atoms with Crippen molar-refractivity contribution in [1.29, 1.82) is 0 Å². The van der Waals surface area contributed by atoms with Gasteiger partial charge in [-0.2, -0.15) is 0 Å². The van der Waals surface area contributed by atoms with E-state index in [2.05, 4.69) is 20.9 Å². The highest BCUT2D eigenvalue weighted by atomic mass is 79.9. The molecule has 0 fully saturated rings. The molecule has 0 aliphatic rings. The summed E-state index contributed by atoms with van der Waals surface area (Å²) in [7, 11) is 0. The minimum atomic E-state index is -1.24. The first-order valence-corrected chi connectivity index (χ1v) is 6.98. The largest absolute Gasteiger partial charge is 0.465 e. The summed E-state index contributed by atoms with van der Waals surface area (Å²) in [5.41, 5.74) is 1.37. The number of H-pyrrole nitrogens is 1. The molecule has 0 amide bonds. The van der Waals surface area contributed by atoms with Crippen LogP contribution in [0, 0.1) is 10.1 Å². The minimum absolute atomic E-state index is 0.176. The third kappa shape index (κ3) is 2.67. The van der Waals surface area contributed by atoms with Gasteiger partial charge in [-0.1, -0.05) is 18.2 Å². The van der Waals surface area contributed by atoms with Crippen LogP contribution in [-0.4, -0.2) is 27.4 Å². The second-order valence-corrected chi connectivity index (χ2v) is 5.12. The van der Waals surface area contributed by atoms with Crippen molar-refractivity contribution in [1.82, 2.24) is 4.98 Å². The molecule has 0 radical (unpaired) electrons. The third-order valence-electron chi connectivity index (χ3n) is 2.97. The zero-order valence-electron chi connectivity index (χ0n) is 10.7. The van der Waals surface area contributed by atoms with Crippen LogP contribution in [0.4, 0.5) is 0 Å². The van der Waals surface area contributed by atoms with Gasteiger partial charge in [0.05, 0.1) is 6.61 Å². The fourth-order valence-electron chi connectivity index (χ4n) is 2.09. The van der Waals surface area contributed by atoms with Crippen LogP contribution in [0.2, 0.25) is 0 Å². The van der Waals surface area contributed by atoms with Gasteiger partial charge in [0.25, 0.3) is 4.95 Å². The number of halogens is 1. The van der Waals surface area contributed by atoms with Crippen LogP contribution in [0.15, 0.2) is 30.5 Å². The highest BCUT2D eigenvalue weighted by Crippen LogP contribution is 2.32. The van der Waals surface area contributed by atoms with E-state index in [0.29, 0.717) is 5.56 Å². The number of aromatic amines is 1. The second kappa shape index (κ2) is 6.04. The van der Waals surface area contributed by atoms with Gasteiger partial charge in [0.15, 0.2) is 5.92 Å². The van der Waals surface area contributed by atoms with E-state index in [1.54, 1.807) is 13.1 Å². The summed E-state index contributed by atoms with van der Waals surface area (Å²) in [6, 6.07) is 7.32. The van der Waals surface area contributed by atoms with Gasteiger partial charge >= 0.3 is 5.97 Å². The molecule has 0 aliphatic carbocycles.